The zero-order valence-electron chi connectivity index (χ0n) is 14.9. The van der Waals surface area contributed by atoms with Crippen LogP contribution >= 0.6 is 11.8 Å². The molecule has 2 aromatic carbocycles. The lowest BCUT2D eigenvalue weighted by molar-refractivity contribution is -0.117. The smallest absolute Gasteiger partial charge is 0.238 e. The molecule has 1 aliphatic rings. The lowest BCUT2D eigenvalue weighted by Gasteiger charge is -2.37. The predicted molar refractivity (Wildman–Crippen MR) is 108 cm³/mol. The Labute approximate surface area is 165 Å². The molecule has 4 N–H and O–H groups in total. The van der Waals surface area contributed by atoms with Gasteiger partial charge in [0.1, 0.15) is 12.4 Å². The molecule has 0 radical (unpaired) electrons. The molecule has 9 heteroatoms. The summed E-state index contributed by atoms with van der Waals surface area (Å²) in [5, 5.41) is 0.316. The first-order chi connectivity index (χ1) is 13.6. The van der Waals surface area contributed by atoms with Crippen LogP contribution in [0.4, 0.5) is 17.6 Å². The first kappa shape index (κ1) is 18.1. The lowest BCUT2D eigenvalue weighted by atomic mass is 10.0. The van der Waals surface area contributed by atoms with Crippen LogP contribution in [0.15, 0.2) is 59.8 Å². The van der Waals surface area contributed by atoms with E-state index in [-0.39, 0.29) is 29.6 Å². The molecular weight excluding hydrogens is 376 g/mol. The van der Waals surface area contributed by atoms with E-state index in [0.29, 0.717) is 17.5 Å². The van der Waals surface area contributed by atoms with Gasteiger partial charge in [-0.3, -0.25) is 9.69 Å². The first-order valence-electron chi connectivity index (χ1n) is 8.60. The number of benzene rings is 2. The van der Waals surface area contributed by atoms with E-state index in [2.05, 4.69) is 15.0 Å². The van der Waals surface area contributed by atoms with Crippen molar-refractivity contribution in [2.45, 2.75) is 11.2 Å². The SMILES string of the molecule is Nc1nc(N)nc(SCC(=O)N2c3ccccc3OC[C@H]2c2ccccc2)n1. The van der Waals surface area contributed by atoms with Crippen molar-refractivity contribution in [3.8, 4) is 5.75 Å². The largest absolute Gasteiger partial charge is 0.489 e. The second-order valence-electron chi connectivity index (χ2n) is 6.09. The normalized spacial score (nSPS) is 15.6. The maximum atomic E-state index is 13.2. The minimum absolute atomic E-state index is 0.0290. The van der Waals surface area contributed by atoms with Crippen molar-refractivity contribution in [2.75, 3.05) is 28.7 Å². The molecule has 1 amide bonds. The van der Waals surface area contributed by atoms with Crippen molar-refractivity contribution in [3.63, 3.8) is 0 Å². The fourth-order valence-corrected chi connectivity index (χ4v) is 3.77. The van der Waals surface area contributed by atoms with Gasteiger partial charge in [-0.25, -0.2) is 0 Å². The molecule has 0 saturated heterocycles. The number of nitrogens with two attached hydrogens (primary N) is 2. The Hall–Kier alpha value is -3.33. The molecular formula is C19H18N6O2S. The van der Waals surface area contributed by atoms with Crippen LogP contribution in [0, 0.1) is 0 Å². The van der Waals surface area contributed by atoms with E-state index in [1.165, 1.54) is 11.8 Å². The predicted octanol–water partition coefficient (Wildman–Crippen LogP) is 2.29. The Morgan fingerprint density at radius 1 is 1.04 bits per heavy atom. The van der Waals surface area contributed by atoms with Crippen molar-refractivity contribution < 1.29 is 9.53 Å². The van der Waals surface area contributed by atoms with Crippen LogP contribution in [-0.4, -0.2) is 33.2 Å². The summed E-state index contributed by atoms with van der Waals surface area (Å²) in [4.78, 5) is 26.7. The summed E-state index contributed by atoms with van der Waals surface area (Å²) in [5.41, 5.74) is 12.9. The minimum atomic E-state index is -0.224. The van der Waals surface area contributed by atoms with Crippen LogP contribution in [0.3, 0.4) is 0 Å². The van der Waals surface area contributed by atoms with Gasteiger partial charge in [0.15, 0.2) is 5.16 Å². The molecule has 142 valence electrons. The van der Waals surface area contributed by atoms with Gasteiger partial charge < -0.3 is 16.2 Å². The molecule has 3 aromatic rings. The third-order valence-corrected chi connectivity index (χ3v) is 5.09. The Kier molecular flexibility index (Phi) is 4.98. The number of fused-ring (bicyclic) bond motifs is 1. The number of hydrogen-bond donors (Lipinski definition) is 2. The molecule has 2 heterocycles. The van der Waals surface area contributed by atoms with E-state index >= 15 is 0 Å². The van der Waals surface area contributed by atoms with Gasteiger partial charge in [-0.15, -0.1) is 0 Å². The van der Waals surface area contributed by atoms with Crippen LogP contribution in [0.2, 0.25) is 0 Å². The van der Waals surface area contributed by atoms with E-state index in [0.717, 1.165) is 11.3 Å². The minimum Gasteiger partial charge on any atom is -0.489 e. The van der Waals surface area contributed by atoms with Crippen molar-refractivity contribution in [2.24, 2.45) is 0 Å². The fourth-order valence-electron chi connectivity index (χ4n) is 3.07. The van der Waals surface area contributed by atoms with E-state index in [4.69, 9.17) is 16.2 Å². The van der Waals surface area contributed by atoms with Crippen LogP contribution < -0.4 is 21.1 Å². The maximum absolute atomic E-state index is 13.2. The number of thioether (sulfide) groups is 1. The highest BCUT2D eigenvalue weighted by molar-refractivity contribution is 7.99. The Morgan fingerprint density at radius 2 is 1.71 bits per heavy atom. The molecule has 1 aliphatic heterocycles. The van der Waals surface area contributed by atoms with Gasteiger partial charge in [0.05, 0.1) is 17.5 Å². The molecule has 1 aromatic heterocycles. The molecule has 28 heavy (non-hydrogen) atoms. The van der Waals surface area contributed by atoms with Crippen molar-refractivity contribution in [1.82, 2.24) is 15.0 Å². The second-order valence-corrected chi connectivity index (χ2v) is 7.03. The zero-order valence-corrected chi connectivity index (χ0v) is 15.7. The van der Waals surface area contributed by atoms with Crippen molar-refractivity contribution in [1.29, 1.82) is 0 Å². The number of ether oxygens (including phenoxy) is 1. The van der Waals surface area contributed by atoms with E-state index in [1.807, 2.05) is 54.6 Å². The average molecular weight is 394 g/mol. The van der Waals surface area contributed by atoms with Gasteiger partial charge in [-0.2, -0.15) is 15.0 Å². The van der Waals surface area contributed by atoms with Gasteiger partial charge in [-0.1, -0.05) is 54.2 Å². The highest BCUT2D eigenvalue weighted by Crippen LogP contribution is 2.39. The number of nitrogen functional groups attached to an aromatic ring is 2. The average Bonchev–Trinajstić information content (AvgIpc) is 2.71. The molecule has 8 nitrogen and oxygen atoms in total. The van der Waals surface area contributed by atoms with Gasteiger partial charge in [0.25, 0.3) is 0 Å². The van der Waals surface area contributed by atoms with Crippen molar-refractivity contribution in [3.05, 3.63) is 60.2 Å². The quantitative estimate of drug-likeness (QED) is 0.647. The van der Waals surface area contributed by atoms with Gasteiger partial charge in [-0.05, 0) is 17.7 Å². The van der Waals surface area contributed by atoms with E-state index < -0.39 is 0 Å². The number of amides is 1. The topological polar surface area (TPSA) is 120 Å². The summed E-state index contributed by atoms with van der Waals surface area (Å²) in [7, 11) is 0. The zero-order chi connectivity index (χ0) is 19.5. The van der Waals surface area contributed by atoms with Crippen molar-refractivity contribution >= 4 is 35.3 Å². The third kappa shape index (κ3) is 3.70. The number of carbonyl (C=O) groups is 1. The van der Waals surface area contributed by atoms with Crippen LogP contribution in [0.1, 0.15) is 11.6 Å². The fraction of sp³-hybridized carbons (Fsp3) is 0.158. The number of rotatable bonds is 4. The molecule has 1 atom stereocenters. The summed E-state index contributed by atoms with van der Waals surface area (Å²) >= 11 is 1.17. The molecule has 0 spiro atoms. The summed E-state index contributed by atoms with van der Waals surface area (Å²) in [6.45, 7) is 0.378. The van der Waals surface area contributed by atoms with Crippen LogP contribution in [0.5, 0.6) is 5.75 Å². The highest BCUT2D eigenvalue weighted by atomic mass is 32.2. The molecule has 0 aliphatic carbocycles. The van der Waals surface area contributed by atoms with Gasteiger partial charge in [0.2, 0.25) is 17.8 Å². The number of aromatic nitrogens is 3. The van der Waals surface area contributed by atoms with Gasteiger partial charge in [0, 0.05) is 0 Å². The highest BCUT2D eigenvalue weighted by Gasteiger charge is 2.33. The molecule has 0 fully saturated rings. The number of anilines is 3. The second kappa shape index (κ2) is 7.73. The summed E-state index contributed by atoms with van der Waals surface area (Å²) in [6, 6.07) is 17.1. The van der Waals surface area contributed by atoms with E-state index in [1.54, 1.807) is 4.90 Å². The third-order valence-electron chi connectivity index (χ3n) is 4.26. The summed E-state index contributed by atoms with van der Waals surface area (Å²) < 4.78 is 5.90. The Balaban J connectivity index is 1.62. The number of nitrogens with zero attached hydrogens (tertiary/aromatic N) is 4. The summed E-state index contributed by atoms with van der Waals surface area (Å²) in [6.07, 6.45) is 0. The molecule has 0 saturated carbocycles. The number of carbonyl (C=O) groups excluding carboxylic acids is 1. The van der Waals surface area contributed by atoms with Crippen LogP contribution in [0.25, 0.3) is 0 Å². The Morgan fingerprint density at radius 3 is 2.46 bits per heavy atom. The first-order valence-corrected chi connectivity index (χ1v) is 9.59. The molecule has 0 unspecified atom stereocenters. The van der Waals surface area contributed by atoms with Crippen LogP contribution in [-0.2, 0) is 4.79 Å². The van der Waals surface area contributed by atoms with Gasteiger partial charge >= 0.3 is 0 Å². The number of para-hydroxylation sites is 2. The lowest BCUT2D eigenvalue weighted by Crippen LogP contribution is -2.42. The molecule has 0 bridgehead atoms. The molecule has 4 rings (SSSR count). The monoisotopic (exact) mass is 394 g/mol. The number of hydrogen-bond acceptors (Lipinski definition) is 8. The maximum Gasteiger partial charge on any atom is 0.238 e. The Bertz CT molecular complexity index is 980. The summed E-state index contributed by atoms with van der Waals surface area (Å²) in [5.74, 6) is 0.775. The standard InChI is InChI=1S/C19H18N6O2S/c20-17-22-18(21)24-19(23-17)28-11-16(26)25-13-8-4-5-9-15(13)27-10-14(25)12-6-2-1-3-7-12/h1-9,14H,10-11H2,(H4,20,21,22,23,24)/t14-/m0/s1. The van der Waals surface area contributed by atoms with E-state index in [9.17, 15) is 4.79 Å².